The lowest BCUT2D eigenvalue weighted by atomic mass is 9.87. The Hall–Kier alpha value is -2.51. The minimum absolute atomic E-state index is 0.243. The van der Waals surface area contributed by atoms with Crippen molar-refractivity contribution in [1.82, 2.24) is 9.97 Å². The first-order chi connectivity index (χ1) is 12.8. The quantitative estimate of drug-likeness (QED) is 0.786. The Morgan fingerprint density at radius 2 is 1.85 bits per heavy atom. The summed E-state index contributed by atoms with van der Waals surface area (Å²) in [5.74, 6) is 1.15. The predicted octanol–water partition coefficient (Wildman–Crippen LogP) is 5.04. The fourth-order valence-electron chi connectivity index (χ4n) is 3.25. The van der Waals surface area contributed by atoms with Gasteiger partial charge < -0.3 is 14.8 Å². The van der Waals surface area contributed by atoms with Crippen LogP contribution in [0.25, 0.3) is 11.3 Å². The molecular weight excluding hydrogens is 359 g/mol. The Kier molecular flexibility index (Phi) is 5.72. The normalized spacial score (nSPS) is 20.2. The van der Waals surface area contributed by atoms with Crippen LogP contribution < -0.4 is 14.8 Å². The molecule has 0 atom stereocenters. The van der Waals surface area contributed by atoms with Crippen molar-refractivity contribution in [2.75, 3.05) is 12.4 Å². The molecule has 0 unspecified atom stereocenters. The van der Waals surface area contributed by atoms with Crippen molar-refractivity contribution in [3.05, 3.63) is 30.5 Å². The molecule has 1 aliphatic carbocycles. The van der Waals surface area contributed by atoms with Gasteiger partial charge in [-0.25, -0.2) is 9.97 Å². The second-order valence-electron chi connectivity index (χ2n) is 6.78. The molecule has 0 aliphatic heterocycles. The van der Waals surface area contributed by atoms with E-state index in [1.54, 1.807) is 12.3 Å². The van der Waals surface area contributed by atoms with Crippen molar-refractivity contribution in [3.8, 4) is 22.8 Å². The molecule has 8 heteroatoms. The van der Waals surface area contributed by atoms with Gasteiger partial charge >= 0.3 is 6.36 Å². The molecule has 1 fully saturated rings. The summed E-state index contributed by atoms with van der Waals surface area (Å²) in [6.07, 6.45) is 1.35. The van der Waals surface area contributed by atoms with E-state index in [0.29, 0.717) is 23.2 Å². The molecular formula is C19H22F3N3O2. The van der Waals surface area contributed by atoms with Gasteiger partial charge in [-0.2, -0.15) is 0 Å². The Bertz CT molecular complexity index is 775. The van der Waals surface area contributed by atoms with Crippen LogP contribution in [0.4, 0.5) is 19.1 Å². The fourth-order valence-corrected chi connectivity index (χ4v) is 3.25. The van der Waals surface area contributed by atoms with E-state index in [-0.39, 0.29) is 11.5 Å². The first kappa shape index (κ1) is 19.3. The van der Waals surface area contributed by atoms with Gasteiger partial charge in [-0.05, 0) is 49.8 Å². The third-order valence-electron chi connectivity index (χ3n) is 4.69. The highest BCUT2D eigenvalue weighted by Gasteiger charge is 2.31. The number of hydrogen-bond acceptors (Lipinski definition) is 5. The lowest BCUT2D eigenvalue weighted by Crippen LogP contribution is -2.26. The Morgan fingerprint density at radius 1 is 1.11 bits per heavy atom. The van der Waals surface area contributed by atoms with Crippen molar-refractivity contribution in [1.29, 1.82) is 0 Å². The van der Waals surface area contributed by atoms with Gasteiger partial charge in [0.25, 0.3) is 0 Å². The molecule has 1 saturated carbocycles. The third kappa shape index (κ3) is 5.24. The second-order valence-corrected chi connectivity index (χ2v) is 6.78. The first-order valence-corrected chi connectivity index (χ1v) is 8.88. The molecule has 27 heavy (non-hydrogen) atoms. The largest absolute Gasteiger partial charge is 0.573 e. The molecule has 1 aromatic heterocycles. The van der Waals surface area contributed by atoms with Gasteiger partial charge in [-0.15, -0.1) is 13.2 Å². The number of hydrogen-bond donors (Lipinski definition) is 1. The van der Waals surface area contributed by atoms with Gasteiger partial charge in [0.1, 0.15) is 11.5 Å². The van der Waals surface area contributed by atoms with E-state index < -0.39 is 6.36 Å². The third-order valence-corrected chi connectivity index (χ3v) is 4.69. The zero-order valence-electron chi connectivity index (χ0n) is 15.2. The summed E-state index contributed by atoms with van der Waals surface area (Å²) in [6.45, 7) is 2.26. The zero-order chi connectivity index (χ0) is 19.4. The lowest BCUT2D eigenvalue weighted by molar-refractivity contribution is -0.274. The predicted molar refractivity (Wildman–Crippen MR) is 95.7 cm³/mol. The number of nitrogens with zero attached hydrogens (tertiary/aromatic N) is 2. The summed E-state index contributed by atoms with van der Waals surface area (Å²) in [7, 11) is 1.39. The highest BCUT2D eigenvalue weighted by atomic mass is 19.4. The van der Waals surface area contributed by atoms with Crippen molar-refractivity contribution in [3.63, 3.8) is 0 Å². The zero-order valence-corrected chi connectivity index (χ0v) is 15.2. The topological polar surface area (TPSA) is 56.3 Å². The van der Waals surface area contributed by atoms with Gasteiger partial charge in [0.15, 0.2) is 0 Å². The molecule has 146 valence electrons. The van der Waals surface area contributed by atoms with Crippen LogP contribution in [-0.4, -0.2) is 29.5 Å². The van der Waals surface area contributed by atoms with E-state index in [4.69, 9.17) is 4.74 Å². The van der Waals surface area contributed by atoms with E-state index >= 15 is 0 Å². The Balaban J connectivity index is 1.79. The summed E-state index contributed by atoms with van der Waals surface area (Å²) in [4.78, 5) is 8.77. The van der Waals surface area contributed by atoms with Gasteiger partial charge in [0.05, 0.1) is 12.8 Å². The molecule has 0 radical (unpaired) electrons. The first-order valence-electron chi connectivity index (χ1n) is 8.88. The maximum atomic E-state index is 12.4. The number of nitrogens with one attached hydrogen (secondary N) is 1. The molecule has 0 saturated heterocycles. The summed E-state index contributed by atoms with van der Waals surface area (Å²) in [5.41, 5.74) is 1.13. The molecule has 1 aliphatic rings. The maximum absolute atomic E-state index is 12.4. The number of anilines is 1. The number of aromatic nitrogens is 2. The minimum Gasteiger partial charge on any atom is -0.496 e. The van der Waals surface area contributed by atoms with Gasteiger partial charge in [-0.3, -0.25) is 0 Å². The molecule has 1 N–H and O–H groups in total. The summed E-state index contributed by atoms with van der Waals surface area (Å²) < 4.78 is 46.4. The average molecular weight is 381 g/mol. The van der Waals surface area contributed by atoms with Crippen LogP contribution in [0.3, 0.4) is 0 Å². The van der Waals surface area contributed by atoms with Crippen LogP contribution in [0.15, 0.2) is 30.5 Å². The van der Waals surface area contributed by atoms with Gasteiger partial charge in [-0.1, -0.05) is 6.92 Å². The van der Waals surface area contributed by atoms with Gasteiger partial charge in [0, 0.05) is 23.9 Å². The fraction of sp³-hybridized carbons (Fsp3) is 0.474. The summed E-state index contributed by atoms with van der Waals surface area (Å²) in [5, 5.41) is 3.35. The van der Waals surface area contributed by atoms with Gasteiger partial charge in [0.2, 0.25) is 5.95 Å². The molecule has 1 heterocycles. The van der Waals surface area contributed by atoms with E-state index in [1.807, 2.05) is 0 Å². The molecule has 1 aromatic carbocycles. The Morgan fingerprint density at radius 3 is 2.52 bits per heavy atom. The highest BCUT2D eigenvalue weighted by Crippen LogP contribution is 2.34. The minimum atomic E-state index is -4.75. The van der Waals surface area contributed by atoms with Crippen molar-refractivity contribution in [2.24, 2.45) is 5.92 Å². The Labute approximate surface area is 155 Å². The van der Waals surface area contributed by atoms with Crippen molar-refractivity contribution >= 4 is 5.95 Å². The van der Waals surface area contributed by atoms with Crippen LogP contribution in [0.2, 0.25) is 0 Å². The van der Waals surface area contributed by atoms with Crippen molar-refractivity contribution in [2.45, 2.75) is 45.0 Å². The summed E-state index contributed by atoms with van der Waals surface area (Å²) in [6, 6.07) is 5.95. The van der Waals surface area contributed by atoms with Crippen LogP contribution >= 0.6 is 0 Å². The lowest BCUT2D eigenvalue weighted by Gasteiger charge is -2.26. The van der Waals surface area contributed by atoms with Crippen LogP contribution in [0, 0.1) is 5.92 Å². The standard InChI is InChI=1S/C19H22F3N3O2/c1-12-3-5-13(6-4-12)24-18-23-10-9-16(25-18)15-8-7-14(11-17(15)26-2)27-19(20,21)22/h7-13H,3-6H2,1-2H3,(H,23,24,25). The van der Waals surface area contributed by atoms with E-state index in [1.165, 1.54) is 38.2 Å². The molecule has 0 spiro atoms. The number of benzene rings is 1. The molecule has 3 rings (SSSR count). The maximum Gasteiger partial charge on any atom is 0.573 e. The number of methoxy groups -OCH3 is 1. The van der Waals surface area contributed by atoms with Crippen molar-refractivity contribution < 1.29 is 22.6 Å². The second kappa shape index (κ2) is 8.02. The van der Waals surface area contributed by atoms with Crippen LogP contribution in [-0.2, 0) is 0 Å². The number of halogens is 3. The molecule has 0 amide bonds. The van der Waals surface area contributed by atoms with E-state index in [9.17, 15) is 13.2 Å². The monoisotopic (exact) mass is 381 g/mol. The highest BCUT2D eigenvalue weighted by molar-refractivity contribution is 5.69. The number of rotatable bonds is 5. The molecule has 0 bridgehead atoms. The van der Waals surface area contributed by atoms with E-state index in [2.05, 4.69) is 26.9 Å². The number of ether oxygens (including phenoxy) is 2. The molecule has 5 nitrogen and oxygen atoms in total. The van der Waals surface area contributed by atoms with Crippen LogP contribution in [0.1, 0.15) is 32.6 Å². The average Bonchev–Trinajstić information content (AvgIpc) is 2.62. The SMILES string of the molecule is COc1cc(OC(F)(F)F)ccc1-c1ccnc(NC2CCC(C)CC2)n1. The number of alkyl halides is 3. The smallest absolute Gasteiger partial charge is 0.496 e. The van der Waals surface area contributed by atoms with E-state index in [0.717, 1.165) is 18.8 Å². The summed E-state index contributed by atoms with van der Waals surface area (Å²) >= 11 is 0. The van der Waals surface area contributed by atoms with Crippen LogP contribution in [0.5, 0.6) is 11.5 Å². The molecule has 2 aromatic rings.